The Morgan fingerprint density at radius 2 is 2.02 bits per heavy atom. The standard InChI is InChI=1S/C29H34ClFN6O3/c1-6-7-11-36(20(4)15-34-16-38)28(32-5)21-12-22(30)26(25-23(31)9-8-10-24(25)40)35-29(21)37(17-39)27-18(2)13-33-14-19(27)3/h6,9,12-14,16-17,20,40H,1,7-8,10-11,15H2,2-5H3,(H,34,38)/b32-28+. The van der Waals surface area contributed by atoms with E-state index in [1.807, 2.05) is 25.7 Å². The summed E-state index contributed by atoms with van der Waals surface area (Å²) < 4.78 is 15.0. The molecule has 9 nitrogen and oxygen atoms in total. The molecule has 11 heteroatoms. The Morgan fingerprint density at radius 3 is 2.60 bits per heavy atom. The highest BCUT2D eigenvalue weighted by atomic mass is 35.5. The summed E-state index contributed by atoms with van der Waals surface area (Å²) >= 11 is 6.73. The van der Waals surface area contributed by atoms with E-state index in [1.165, 1.54) is 11.0 Å². The Kier molecular flexibility index (Phi) is 10.6. The maximum absolute atomic E-state index is 15.0. The predicted molar refractivity (Wildman–Crippen MR) is 157 cm³/mol. The molecule has 2 amide bonds. The zero-order valence-corrected chi connectivity index (χ0v) is 23.9. The van der Waals surface area contributed by atoms with E-state index in [1.54, 1.807) is 31.6 Å². The molecule has 0 aromatic carbocycles. The van der Waals surface area contributed by atoms with Crippen LogP contribution in [0.1, 0.15) is 48.6 Å². The molecule has 0 saturated carbocycles. The molecule has 0 fully saturated rings. The van der Waals surface area contributed by atoms with E-state index >= 15 is 4.39 Å². The largest absolute Gasteiger partial charge is 0.511 e. The number of carbonyl (C=O) groups is 2. The third-order valence-corrected chi connectivity index (χ3v) is 6.90. The second-order valence-corrected chi connectivity index (χ2v) is 9.80. The van der Waals surface area contributed by atoms with Crippen LogP contribution in [0.15, 0.2) is 53.8 Å². The smallest absolute Gasteiger partial charge is 0.219 e. The number of amidine groups is 1. The maximum Gasteiger partial charge on any atom is 0.219 e. The van der Waals surface area contributed by atoms with E-state index in [2.05, 4.69) is 21.9 Å². The van der Waals surface area contributed by atoms with Crippen molar-refractivity contribution in [3.05, 3.63) is 76.2 Å². The van der Waals surface area contributed by atoms with Crippen molar-refractivity contribution in [2.75, 3.05) is 25.0 Å². The fourth-order valence-corrected chi connectivity index (χ4v) is 4.98. The lowest BCUT2D eigenvalue weighted by atomic mass is 9.99. The summed E-state index contributed by atoms with van der Waals surface area (Å²) in [5, 5.41) is 13.4. The molecule has 0 bridgehead atoms. The van der Waals surface area contributed by atoms with Crippen molar-refractivity contribution in [3.63, 3.8) is 0 Å². The molecule has 1 unspecified atom stereocenters. The van der Waals surface area contributed by atoms with Gasteiger partial charge in [-0.3, -0.25) is 24.5 Å². The minimum Gasteiger partial charge on any atom is -0.511 e. The highest BCUT2D eigenvalue weighted by Gasteiger charge is 2.30. The molecule has 3 rings (SSSR count). The number of anilines is 2. The lowest BCUT2D eigenvalue weighted by Crippen LogP contribution is -2.45. The van der Waals surface area contributed by atoms with Crippen LogP contribution in [0.5, 0.6) is 0 Å². The molecule has 1 aliphatic rings. The SMILES string of the molecule is C=CCCN(/C(=N/C)c1cc(Cl)c(C2=C(O)CCC=C2F)nc1N(C=O)c1c(C)cncc1C)C(C)CNC=O. The first-order valence-electron chi connectivity index (χ1n) is 12.9. The second kappa shape index (κ2) is 13.8. The predicted octanol–water partition coefficient (Wildman–Crippen LogP) is 5.35. The Balaban J connectivity index is 2.36. The number of hydrogen-bond acceptors (Lipinski definition) is 6. The van der Waals surface area contributed by atoms with E-state index < -0.39 is 5.83 Å². The van der Waals surface area contributed by atoms with Gasteiger partial charge in [0.15, 0.2) is 5.82 Å². The molecule has 2 aromatic heterocycles. The topological polar surface area (TPSA) is 111 Å². The Bertz CT molecular complexity index is 1350. The summed E-state index contributed by atoms with van der Waals surface area (Å²) in [6, 6.07) is 1.36. The molecule has 0 saturated heterocycles. The molecular formula is C29H34ClFN6O3. The molecule has 40 heavy (non-hydrogen) atoms. The van der Waals surface area contributed by atoms with Crippen molar-refractivity contribution in [2.24, 2.45) is 4.99 Å². The highest BCUT2D eigenvalue weighted by molar-refractivity contribution is 6.33. The summed E-state index contributed by atoms with van der Waals surface area (Å²) in [5.41, 5.74) is 2.27. The highest BCUT2D eigenvalue weighted by Crippen LogP contribution is 2.40. The van der Waals surface area contributed by atoms with Crippen LogP contribution >= 0.6 is 11.6 Å². The van der Waals surface area contributed by atoms with Gasteiger partial charge in [-0.1, -0.05) is 17.7 Å². The number of allylic oxidation sites excluding steroid dienone is 4. The van der Waals surface area contributed by atoms with Crippen LogP contribution in [0.2, 0.25) is 5.02 Å². The van der Waals surface area contributed by atoms with Crippen molar-refractivity contribution in [1.82, 2.24) is 20.2 Å². The van der Waals surface area contributed by atoms with Crippen molar-refractivity contribution >= 4 is 47.3 Å². The van der Waals surface area contributed by atoms with Crippen LogP contribution in [0.25, 0.3) is 5.57 Å². The van der Waals surface area contributed by atoms with Gasteiger partial charge in [-0.05, 0) is 56.9 Å². The Labute approximate surface area is 238 Å². The maximum atomic E-state index is 15.0. The van der Waals surface area contributed by atoms with Gasteiger partial charge in [-0.25, -0.2) is 9.37 Å². The second-order valence-electron chi connectivity index (χ2n) is 9.39. The number of carbonyl (C=O) groups excluding carboxylic acids is 2. The van der Waals surface area contributed by atoms with Gasteiger partial charge in [0.1, 0.15) is 17.4 Å². The van der Waals surface area contributed by atoms with Gasteiger partial charge in [0.25, 0.3) is 0 Å². The zero-order valence-electron chi connectivity index (χ0n) is 23.1. The number of amides is 2. The lowest BCUT2D eigenvalue weighted by Gasteiger charge is -2.34. The monoisotopic (exact) mass is 568 g/mol. The number of aryl methyl sites for hydroxylation is 2. The van der Waals surface area contributed by atoms with Crippen molar-refractivity contribution < 1.29 is 19.1 Å². The van der Waals surface area contributed by atoms with E-state index in [4.69, 9.17) is 16.6 Å². The number of aliphatic hydroxyl groups excluding tert-OH is 1. The molecule has 0 spiro atoms. The summed E-state index contributed by atoms with van der Waals surface area (Å²) in [5.74, 6) is -0.221. The van der Waals surface area contributed by atoms with Crippen LogP contribution in [0.4, 0.5) is 15.9 Å². The number of aromatic nitrogens is 2. The molecule has 0 radical (unpaired) electrons. The van der Waals surface area contributed by atoms with Gasteiger partial charge in [0.05, 0.1) is 27.5 Å². The van der Waals surface area contributed by atoms with Crippen molar-refractivity contribution in [1.29, 1.82) is 0 Å². The number of nitrogens with one attached hydrogen (secondary N) is 1. The van der Waals surface area contributed by atoms with E-state index in [0.717, 1.165) is 0 Å². The van der Waals surface area contributed by atoms with Crippen molar-refractivity contribution in [3.8, 4) is 0 Å². The summed E-state index contributed by atoms with van der Waals surface area (Å²) in [6.07, 6.45) is 8.83. The molecule has 212 valence electrons. The summed E-state index contributed by atoms with van der Waals surface area (Å²) in [7, 11) is 1.60. The molecular weight excluding hydrogens is 535 g/mol. The normalized spacial score (nSPS) is 14.3. The number of rotatable bonds is 12. The van der Waals surface area contributed by atoms with Crippen LogP contribution in [0.3, 0.4) is 0 Å². The van der Waals surface area contributed by atoms with Gasteiger partial charge in [-0.15, -0.1) is 6.58 Å². The van der Waals surface area contributed by atoms with Crippen LogP contribution < -0.4 is 10.2 Å². The van der Waals surface area contributed by atoms with Crippen molar-refractivity contribution in [2.45, 2.75) is 46.1 Å². The lowest BCUT2D eigenvalue weighted by molar-refractivity contribution is -0.109. The third kappa shape index (κ3) is 6.39. The van der Waals surface area contributed by atoms with Crippen LogP contribution in [-0.4, -0.2) is 64.8 Å². The van der Waals surface area contributed by atoms with Gasteiger partial charge in [0, 0.05) is 45.0 Å². The summed E-state index contributed by atoms with van der Waals surface area (Å²) in [4.78, 5) is 40.6. The van der Waals surface area contributed by atoms with Gasteiger partial charge >= 0.3 is 0 Å². The van der Waals surface area contributed by atoms with E-state index in [0.29, 0.717) is 67.0 Å². The summed E-state index contributed by atoms with van der Waals surface area (Å²) in [6.45, 7) is 10.2. The number of hydrogen-bond donors (Lipinski definition) is 2. The number of aliphatic hydroxyl groups is 1. The van der Waals surface area contributed by atoms with E-state index in [-0.39, 0.29) is 40.3 Å². The number of aliphatic imine (C=N–C) groups is 1. The number of pyridine rings is 2. The first-order chi connectivity index (χ1) is 19.2. The van der Waals surface area contributed by atoms with Crippen LogP contribution in [-0.2, 0) is 9.59 Å². The quantitative estimate of drug-likeness (QED) is 0.155. The first kappa shape index (κ1) is 30.5. The number of halogens is 2. The fourth-order valence-electron chi connectivity index (χ4n) is 4.73. The molecule has 2 aromatic rings. The molecule has 1 atom stereocenters. The fraction of sp³-hybridized carbons (Fsp3) is 0.345. The Hall–Kier alpha value is -4.05. The molecule has 2 heterocycles. The minimum absolute atomic E-state index is 0.00587. The van der Waals surface area contributed by atoms with Crippen LogP contribution in [0, 0.1) is 13.8 Å². The van der Waals surface area contributed by atoms with Gasteiger partial charge in [0.2, 0.25) is 12.8 Å². The Morgan fingerprint density at radius 1 is 1.32 bits per heavy atom. The minimum atomic E-state index is -0.642. The molecule has 0 aliphatic heterocycles. The third-order valence-electron chi connectivity index (χ3n) is 6.61. The number of nitrogens with zero attached hydrogens (tertiary/aromatic N) is 5. The first-order valence-corrected chi connectivity index (χ1v) is 13.2. The van der Waals surface area contributed by atoms with Gasteiger partial charge in [-0.2, -0.15) is 0 Å². The molecule has 1 aliphatic carbocycles. The molecule has 2 N–H and O–H groups in total. The zero-order chi connectivity index (χ0) is 29.4. The average Bonchev–Trinajstić information content (AvgIpc) is 2.92. The van der Waals surface area contributed by atoms with E-state index in [9.17, 15) is 14.7 Å². The van der Waals surface area contributed by atoms with Gasteiger partial charge < -0.3 is 15.3 Å². The average molecular weight is 569 g/mol.